The van der Waals surface area contributed by atoms with E-state index in [0.29, 0.717) is 23.7 Å². The molecule has 0 bridgehead atoms. The lowest BCUT2D eigenvalue weighted by atomic mass is 10.0. The van der Waals surface area contributed by atoms with Gasteiger partial charge in [0.15, 0.2) is 29.8 Å². The molecule has 2 amide bonds. The van der Waals surface area contributed by atoms with Gasteiger partial charge in [0.1, 0.15) is 34.4 Å². The summed E-state index contributed by atoms with van der Waals surface area (Å²) >= 11 is 10.0. The summed E-state index contributed by atoms with van der Waals surface area (Å²) < 4.78 is 4.10. The number of aliphatic carboxylic acids is 1. The lowest BCUT2D eigenvalue weighted by Crippen LogP contribution is -2.71. The van der Waals surface area contributed by atoms with Crippen molar-refractivity contribution in [3.05, 3.63) is 104 Å². The largest absolute Gasteiger partial charge is 0.543 e. The molecule has 2 atom stereocenters. The Bertz CT molecular complexity index is 2270. The van der Waals surface area contributed by atoms with Crippen LogP contribution in [0, 0.1) is 5.41 Å². The summed E-state index contributed by atoms with van der Waals surface area (Å²) in [5.41, 5.74) is 8.40. The number of fused-ring (bicyclic) bond motifs is 2. The van der Waals surface area contributed by atoms with Crippen LogP contribution in [0.25, 0.3) is 10.9 Å². The van der Waals surface area contributed by atoms with Gasteiger partial charge in [-0.3, -0.25) is 19.9 Å². The maximum absolute atomic E-state index is 13.3. The zero-order valence-electron chi connectivity index (χ0n) is 26.7. The molecule has 2 aliphatic rings. The second-order valence-corrected chi connectivity index (χ2v) is 15.2. The number of amides is 2. The number of carboxylic acids is 1. The standard InChI is InChI=1S/C33H28ClN9O5S3/c1-48-40-24(23-27(34)51-33(36)39-23)29(44)38-25-30(45)43-26(32(46)47)19(16-50-31(25)43)13-41-9-8-22-17(12-41)7-10-42(22)14-21-11-18(15-49-21)28(35)37-20-5-3-2-4-6-20/h2-12,15,25,31H,13-14,16H2,1H3,(H5-,35,36,37,38,39,44,46,47)/b40-24-/t25-,31-/m1/s1. The first-order valence-electron chi connectivity index (χ1n) is 15.3. The van der Waals surface area contributed by atoms with E-state index in [9.17, 15) is 19.5 Å². The molecule has 1 fully saturated rings. The third-order valence-corrected chi connectivity index (χ3v) is 11.5. The minimum atomic E-state index is -1.48. The molecule has 260 valence electrons. The van der Waals surface area contributed by atoms with Crippen LogP contribution >= 0.6 is 46.0 Å². The molecular formula is C33H28ClN9O5S3. The fourth-order valence-corrected chi connectivity index (χ4v) is 9.03. The van der Waals surface area contributed by atoms with Gasteiger partial charge in [0.2, 0.25) is 0 Å². The number of nitrogen functional groups attached to an aromatic ring is 1. The molecule has 4 aromatic heterocycles. The number of oxime groups is 1. The number of nitrogens with two attached hydrogens (primary N) is 1. The topological polar surface area (TPSA) is 195 Å². The molecule has 5 N–H and O–H groups in total. The lowest BCUT2D eigenvalue weighted by Gasteiger charge is -2.50. The van der Waals surface area contributed by atoms with Crippen LogP contribution in [-0.2, 0) is 32.3 Å². The molecule has 0 aliphatic carbocycles. The number of hydrogen-bond donors (Lipinski definition) is 4. The lowest BCUT2D eigenvalue weighted by molar-refractivity contribution is -0.687. The van der Waals surface area contributed by atoms with Crippen LogP contribution in [-0.4, -0.2) is 68.1 Å². The number of pyridine rings is 1. The number of thiazole rings is 1. The number of rotatable bonds is 11. The molecule has 0 spiro atoms. The molecule has 0 radical (unpaired) electrons. The first kappa shape index (κ1) is 34.2. The molecule has 1 aromatic carbocycles. The number of amidine groups is 1. The maximum atomic E-state index is 13.3. The van der Waals surface area contributed by atoms with Gasteiger partial charge < -0.3 is 35.7 Å². The third-order valence-electron chi connectivity index (χ3n) is 8.20. The first-order valence-corrected chi connectivity index (χ1v) is 18.4. The van der Waals surface area contributed by atoms with E-state index >= 15 is 0 Å². The minimum absolute atomic E-state index is 0.00881. The Morgan fingerprint density at radius 1 is 1.25 bits per heavy atom. The van der Waals surface area contributed by atoms with Crippen molar-refractivity contribution in [2.75, 3.05) is 23.9 Å². The number of anilines is 2. The summed E-state index contributed by atoms with van der Waals surface area (Å²) in [6.07, 6.45) is 5.78. The van der Waals surface area contributed by atoms with Crippen molar-refractivity contribution >= 4 is 97.1 Å². The van der Waals surface area contributed by atoms with E-state index in [-0.39, 0.29) is 33.1 Å². The molecule has 5 aromatic rings. The average molecular weight is 762 g/mol. The normalized spacial score (nSPS) is 17.3. The van der Waals surface area contributed by atoms with Gasteiger partial charge in [-0.15, -0.1) is 23.1 Å². The number of carbonyl (C=O) groups is 3. The van der Waals surface area contributed by atoms with Gasteiger partial charge in [0.05, 0.1) is 29.1 Å². The summed E-state index contributed by atoms with van der Waals surface area (Å²) in [5.74, 6) is -2.23. The quantitative estimate of drug-likeness (QED) is 0.0515. The third kappa shape index (κ3) is 6.80. The van der Waals surface area contributed by atoms with E-state index in [1.54, 1.807) is 11.3 Å². The average Bonchev–Trinajstić information content (AvgIpc) is 3.84. The fraction of sp³-hybridized carbons (Fsp3) is 0.182. The number of nitrogens with one attached hydrogen (secondary N) is 3. The van der Waals surface area contributed by atoms with Gasteiger partial charge in [-0.05, 0) is 24.3 Å². The van der Waals surface area contributed by atoms with Crippen LogP contribution < -0.4 is 26.0 Å². The smallest absolute Gasteiger partial charge is 0.276 e. The summed E-state index contributed by atoms with van der Waals surface area (Å²) in [7, 11) is 1.24. The number of β-lactam (4-membered cyclic amide) rings is 1. The highest BCUT2D eigenvalue weighted by Gasteiger charge is 2.53. The highest BCUT2D eigenvalue weighted by atomic mass is 35.5. The van der Waals surface area contributed by atoms with Crippen LogP contribution in [0.1, 0.15) is 16.1 Å². The van der Waals surface area contributed by atoms with Crippen LogP contribution in [0.15, 0.2) is 88.9 Å². The number of carboxylic acid groups (broad SMARTS) is 1. The molecule has 14 nitrogen and oxygen atoms in total. The fourth-order valence-electron chi connectivity index (χ4n) is 5.90. The molecule has 1 saturated heterocycles. The van der Waals surface area contributed by atoms with Crippen LogP contribution in [0.3, 0.4) is 0 Å². The molecular weight excluding hydrogens is 734 g/mol. The SMILES string of the molecule is CO/N=C(\C(=O)N[C@@H]1C(=O)N2C(C(=O)[O-])=C(C[n+]3ccc4c(ccn4Cc4cc(C(=N)Nc5ccccc5)cs4)c3)CS[C@H]12)c1nc(N)sc1Cl. The number of nitrogens with zero attached hydrogens (tertiary/aromatic N) is 5. The number of halogens is 1. The van der Waals surface area contributed by atoms with E-state index in [0.717, 1.165) is 43.3 Å². The van der Waals surface area contributed by atoms with Gasteiger partial charge in [-0.25, -0.2) is 9.55 Å². The van der Waals surface area contributed by atoms with Gasteiger partial charge in [-0.1, -0.05) is 46.3 Å². The number of aromatic nitrogens is 3. The molecule has 7 rings (SSSR count). The van der Waals surface area contributed by atoms with Gasteiger partial charge in [0, 0.05) is 45.1 Å². The second kappa shape index (κ2) is 14.2. The van der Waals surface area contributed by atoms with Crippen LogP contribution in [0.2, 0.25) is 4.34 Å². The maximum Gasteiger partial charge on any atom is 0.276 e. The molecule has 2 aliphatic heterocycles. The highest BCUT2D eigenvalue weighted by molar-refractivity contribution is 8.00. The Balaban J connectivity index is 1.03. The summed E-state index contributed by atoms with van der Waals surface area (Å²) in [5, 5.41) is 32.7. The summed E-state index contributed by atoms with van der Waals surface area (Å²) in [6.45, 7) is 0.831. The Morgan fingerprint density at radius 2 is 2.06 bits per heavy atom. The van der Waals surface area contributed by atoms with E-state index in [2.05, 4.69) is 25.3 Å². The van der Waals surface area contributed by atoms with Crippen molar-refractivity contribution in [1.82, 2.24) is 19.8 Å². The minimum Gasteiger partial charge on any atom is -0.543 e. The second-order valence-electron chi connectivity index (χ2n) is 11.5. The van der Waals surface area contributed by atoms with Gasteiger partial charge in [0.25, 0.3) is 11.8 Å². The van der Waals surface area contributed by atoms with Crippen LogP contribution in [0.4, 0.5) is 10.8 Å². The summed E-state index contributed by atoms with van der Waals surface area (Å²) in [4.78, 5) is 49.9. The zero-order chi connectivity index (χ0) is 35.8. The number of hydrogen-bond acceptors (Lipinski definition) is 12. The predicted molar refractivity (Wildman–Crippen MR) is 195 cm³/mol. The monoisotopic (exact) mass is 761 g/mol. The molecule has 18 heteroatoms. The predicted octanol–water partition coefficient (Wildman–Crippen LogP) is 2.62. The number of thioether (sulfide) groups is 1. The first-order chi connectivity index (χ1) is 24.6. The van der Waals surface area contributed by atoms with E-state index in [1.165, 1.54) is 18.9 Å². The molecule has 51 heavy (non-hydrogen) atoms. The number of para-hydroxylation sites is 1. The van der Waals surface area contributed by atoms with Crippen LogP contribution in [0.5, 0.6) is 0 Å². The molecule has 0 saturated carbocycles. The molecule has 6 heterocycles. The Hall–Kier alpha value is -5.23. The van der Waals surface area contributed by atoms with Crippen molar-refractivity contribution in [2.45, 2.75) is 24.5 Å². The molecule has 0 unspecified atom stereocenters. The van der Waals surface area contributed by atoms with Crippen molar-refractivity contribution in [3.63, 3.8) is 0 Å². The number of thiophene rings is 1. The van der Waals surface area contributed by atoms with Crippen molar-refractivity contribution in [1.29, 1.82) is 5.41 Å². The van der Waals surface area contributed by atoms with Crippen molar-refractivity contribution in [3.8, 4) is 0 Å². The highest BCUT2D eigenvalue weighted by Crippen LogP contribution is 2.40. The number of benzene rings is 1. The van der Waals surface area contributed by atoms with Gasteiger partial charge in [-0.2, -0.15) is 0 Å². The Morgan fingerprint density at radius 3 is 2.78 bits per heavy atom. The van der Waals surface area contributed by atoms with E-state index in [4.69, 9.17) is 27.6 Å². The summed E-state index contributed by atoms with van der Waals surface area (Å²) in [6, 6.07) is 14.5. The van der Waals surface area contributed by atoms with E-state index in [1.807, 2.05) is 77.1 Å². The van der Waals surface area contributed by atoms with Crippen molar-refractivity contribution < 1.29 is 28.9 Å². The van der Waals surface area contributed by atoms with Gasteiger partial charge >= 0.3 is 0 Å². The Labute approximate surface area is 307 Å². The van der Waals surface area contributed by atoms with Crippen molar-refractivity contribution in [2.24, 2.45) is 5.16 Å². The van der Waals surface area contributed by atoms with E-state index < -0.39 is 29.2 Å². The number of carbonyl (C=O) groups excluding carboxylic acids is 3. The Kier molecular flexibility index (Phi) is 9.52. The zero-order valence-corrected chi connectivity index (χ0v) is 29.9.